The highest BCUT2D eigenvalue weighted by atomic mass is 35.7. The van der Waals surface area contributed by atoms with Gasteiger partial charge in [0.1, 0.15) is 11.5 Å². The molecular formula is C13H16ClO3P3. The van der Waals surface area contributed by atoms with Crippen LogP contribution in [0.5, 0.6) is 11.5 Å². The van der Waals surface area contributed by atoms with Gasteiger partial charge in [0, 0.05) is 11.2 Å². The molecule has 108 valence electrons. The van der Waals surface area contributed by atoms with Crippen molar-refractivity contribution < 1.29 is 13.6 Å². The molecule has 0 fully saturated rings. The van der Waals surface area contributed by atoms with Crippen molar-refractivity contribution in [2.45, 2.75) is 0 Å². The summed E-state index contributed by atoms with van der Waals surface area (Å²) in [7, 11) is 1.94. The van der Waals surface area contributed by atoms with Gasteiger partial charge in [-0.05, 0) is 30.9 Å². The van der Waals surface area contributed by atoms with Crippen molar-refractivity contribution in [3.8, 4) is 11.5 Å². The Hall–Kier alpha value is -0.580. The lowest BCUT2D eigenvalue weighted by Crippen LogP contribution is -1.94. The molecule has 0 aliphatic carbocycles. The van der Waals surface area contributed by atoms with Crippen molar-refractivity contribution in [2.75, 3.05) is 6.66 Å². The van der Waals surface area contributed by atoms with E-state index < -0.39 is 15.2 Å². The van der Waals surface area contributed by atoms with Gasteiger partial charge in [-0.2, -0.15) is 0 Å². The van der Waals surface area contributed by atoms with Crippen LogP contribution in [-0.2, 0) is 4.57 Å². The molecule has 0 bridgehead atoms. The molecule has 0 heterocycles. The number of hydrogen-bond acceptors (Lipinski definition) is 3. The average Bonchev–Trinajstić information content (AvgIpc) is 2.39. The molecule has 0 saturated heterocycles. The van der Waals surface area contributed by atoms with Crippen LogP contribution in [0.1, 0.15) is 0 Å². The quantitative estimate of drug-likeness (QED) is 0.676. The maximum Gasteiger partial charge on any atom is 0.530 e. The summed E-state index contributed by atoms with van der Waals surface area (Å²) in [5.41, 5.74) is 0. The Labute approximate surface area is 129 Å². The van der Waals surface area contributed by atoms with E-state index in [1.807, 2.05) is 18.8 Å². The number of rotatable bonds is 4. The van der Waals surface area contributed by atoms with Crippen molar-refractivity contribution in [1.29, 1.82) is 1.28 Å². The second kappa shape index (κ2) is 9.37. The number of hydrogen-bond donors (Lipinski definition) is 0. The molecule has 2 aromatic carbocycles. The second-order valence-electron chi connectivity index (χ2n) is 3.50. The first-order valence-electron chi connectivity index (χ1n) is 6.10. The summed E-state index contributed by atoms with van der Waals surface area (Å²) < 4.78 is 28.7. The maximum absolute atomic E-state index is 11.9. The van der Waals surface area contributed by atoms with Gasteiger partial charge < -0.3 is 9.05 Å². The smallest absolute Gasteiger partial charge is 0.405 e. The Balaban J connectivity index is 0.000000491. The molecule has 20 heavy (non-hydrogen) atoms. The Morgan fingerprint density at radius 2 is 1.35 bits per heavy atom. The van der Waals surface area contributed by atoms with Gasteiger partial charge in [-0.15, -0.1) is 17.1 Å². The lowest BCUT2D eigenvalue weighted by atomic mass is 10.3. The standard InChI is InChI=1S/C12H10ClO3P.CH6P2/c13-17(14,15-11-7-3-1-4-8-11)16-12-9-5-2-6-10-12;1-3-2/h1-10H;3H,2H2,1H3/i;3D. The molecule has 3 nitrogen and oxygen atoms in total. The predicted octanol–water partition coefficient (Wildman–Crippen LogP) is 5.58. The van der Waals surface area contributed by atoms with E-state index >= 15 is 0 Å². The molecule has 0 N–H and O–H groups in total. The van der Waals surface area contributed by atoms with Crippen LogP contribution >= 0.6 is 35.3 Å². The molecule has 0 aliphatic heterocycles. The Morgan fingerprint density at radius 3 is 1.65 bits per heavy atom. The molecule has 2 atom stereocenters. The second-order valence-corrected chi connectivity index (χ2v) is 8.03. The Bertz CT molecular complexity index is 521. The van der Waals surface area contributed by atoms with E-state index in [-0.39, 0.29) is 0 Å². The lowest BCUT2D eigenvalue weighted by Gasteiger charge is -2.13. The molecular weight excluding hydrogens is 333 g/mol. The summed E-state index contributed by atoms with van der Waals surface area (Å²) in [6, 6.07) is 17.3. The third-order valence-electron chi connectivity index (χ3n) is 1.92. The maximum atomic E-state index is 11.9. The van der Waals surface area contributed by atoms with Crippen molar-refractivity contribution in [1.82, 2.24) is 0 Å². The molecule has 0 aromatic heterocycles. The Morgan fingerprint density at radius 1 is 1.05 bits per heavy atom. The van der Waals surface area contributed by atoms with Crippen molar-refractivity contribution >= 4 is 35.3 Å². The Kier molecular flexibility index (Phi) is 7.41. The van der Waals surface area contributed by atoms with Gasteiger partial charge in [-0.3, -0.25) is 0 Å². The van der Waals surface area contributed by atoms with Gasteiger partial charge >= 0.3 is 6.95 Å². The summed E-state index contributed by atoms with van der Waals surface area (Å²) in [4.78, 5) is 0. The highest BCUT2D eigenvalue weighted by Gasteiger charge is 2.24. The zero-order chi connectivity index (χ0) is 15.7. The summed E-state index contributed by atoms with van der Waals surface area (Å²) in [6.07, 6.45) is 0. The zero-order valence-electron chi connectivity index (χ0n) is 11.8. The normalized spacial score (nSPS) is 12.4. The molecule has 2 aromatic rings. The highest BCUT2D eigenvalue weighted by molar-refractivity contribution is 8.02. The minimum Gasteiger partial charge on any atom is -0.405 e. The first kappa shape index (κ1) is 15.8. The fourth-order valence-electron chi connectivity index (χ4n) is 1.23. The minimum atomic E-state index is -3.66. The molecule has 7 heteroatoms. The number of para-hydroxylation sites is 2. The molecule has 0 spiro atoms. The monoisotopic (exact) mass is 349 g/mol. The third kappa shape index (κ3) is 7.27. The largest absolute Gasteiger partial charge is 0.530 e. The van der Waals surface area contributed by atoms with Gasteiger partial charge in [0.15, 0.2) is 0 Å². The SMILES string of the molecule is O=P(Cl)(Oc1ccccc1)Oc1ccccc1.[2H]P(C)P. The van der Waals surface area contributed by atoms with Crippen LogP contribution in [0, 0.1) is 0 Å². The first-order valence-corrected chi connectivity index (χ1v) is 11.1. The third-order valence-corrected chi connectivity index (χ3v) is 3.19. The lowest BCUT2D eigenvalue weighted by molar-refractivity contribution is 0.406. The van der Waals surface area contributed by atoms with Crippen LogP contribution in [0.3, 0.4) is 0 Å². The number of halogens is 1. The fraction of sp³-hybridized carbons (Fsp3) is 0.0769. The van der Waals surface area contributed by atoms with E-state index in [0.29, 0.717) is 11.5 Å². The summed E-state index contributed by atoms with van der Waals surface area (Å²) >= 11 is 5.72. The molecule has 0 aliphatic rings. The minimum absolute atomic E-state index is 0.404. The van der Waals surface area contributed by atoms with E-state index in [2.05, 4.69) is 8.93 Å². The molecule has 2 unspecified atom stereocenters. The first-order chi connectivity index (χ1) is 9.89. The molecule has 0 radical (unpaired) electrons. The summed E-state index contributed by atoms with van der Waals surface area (Å²) in [6.45, 7) is -1.80. The van der Waals surface area contributed by atoms with Gasteiger partial charge in [0.25, 0.3) is 0 Å². The van der Waals surface area contributed by atoms with Crippen LogP contribution in [0.25, 0.3) is 0 Å². The summed E-state index contributed by atoms with van der Waals surface area (Å²) in [5.74, 6) is 0.809. The fourth-order valence-corrected chi connectivity index (χ4v) is 2.50. The van der Waals surface area contributed by atoms with E-state index in [9.17, 15) is 4.57 Å². The van der Waals surface area contributed by atoms with Gasteiger partial charge in [0.05, 0.1) is 1.28 Å². The summed E-state index contributed by atoms with van der Waals surface area (Å²) in [5, 5.41) is 0. The highest BCUT2D eigenvalue weighted by Crippen LogP contribution is 2.52. The van der Waals surface area contributed by atoms with Crippen LogP contribution in [0.4, 0.5) is 0 Å². The van der Waals surface area contributed by atoms with Crippen molar-refractivity contribution in [2.24, 2.45) is 0 Å². The van der Waals surface area contributed by atoms with Crippen LogP contribution in [-0.4, -0.2) is 7.94 Å². The van der Waals surface area contributed by atoms with Gasteiger partial charge in [0.2, 0.25) is 0 Å². The van der Waals surface area contributed by atoms with Crippen molar-refractivity contribution in [3.63, 3.8) is 0 Å². The predicted molar refractivity (Wildman–Crippen MR) is 91.5 cm³/mol. The van der Waals surface area contributed by atoms with Crippen molar-refractivity contribution in [3.05, 3.63) is 60.7 Å². The van der Waals surface area contributed by atoms with E-state index in [1.165, 1.54) is 0 Å². The van der Waals surface area contributed by atoms with Crippen LogP contribution in [0.2, 0.25) is 0 Å². The van der Waals surface area contributed by atoms with E-state index in [1.54, 1.807) is 48.5 Å². The molecule has 0 saturated carbocycles. The number of benzene rings is 2. The van der Waals surface area contributed by atoms with Gasteiger partial charge in [-0.1, -0.05) is 36.4 Å². The van der Waals surface area contributed by atoms with Crippen LogP contribution < -0.4 is 9.05 Å². The topological polar surface area (TPSA) is 35.5 Å². The van der Waals surface area contributed by atoms with E-state index in [4.69, 9.17) is 21.6 Å². The van der Waals surface area contributed by atoms with E-state index in [0.717, 1.165) is 0 Å². The zero-order valence-corrected chi connectivity index (χ0v) is 14.5. The van der Waals surface area contributed by atoms with Gasteiger partial charge in [-0.25, -0.2) is 4.57 Å². The molecule has 0 amide bonds. The average molecular weight is 350 g/mol. The van der Waals surface area contributed by atoms with Crippen LogP contribution in [0.15, 0.2) is 60.7 Å². The molecule has 2 rings (SSSR count).